The highest BCUT2D eigenvalue weighted by Crippen LogP contribution is 2.16. The quantitative estimate of drug-likeness (QED) is 0.719. The monoisotopic (exact) mass is 363 g/mol. The van der Waals surface area contributed by atoms with Crippen molar-refractivity contribution in [3.8, 4) is 11.4 Å². The van der Waals surface area contributed by atoms with Crippen molar-refractivity contribution in [3.63, 3.8) is 0 Å². The smallest absolute Gasteiger partial charge is 0.330 e. The van der Waals surface area contributed by atoms with Crippen molar-refractivity contribution in [1.29, 1.82) is 0 Å². The zero-order valence-electron chi connectivity index (χ0n) is 13.1. The summed E-state index contributed by atoms with van der Waals surface area (Å²) in [6.45, 7) is -0.407. The van der Waals surface area contributed by atoms with Crippen LogP contribution in [0.15, 0.2) is 24.3 Å². The molecule has 2 amide bonds. The van der Waals surface area contributed by atoms with Gasteiger partial charge in [0.15, 0.2) is 13.2 Å². The fourth-order valence-corrected chi connectivity index (χ4v) is 2.44. The van der Waals surface area contributed by atoms with Crippen molar-refractivity contribution >= 4 is 29.4 Å². The molecule has 9 nitrogen and oxygen atoms in total. The van der Waals surface area contributed by atoms with Gasteiger partial charge in [0.25, 0.3) is 5.91 Å². The van der Waals surface area contributed by atoms with Crippen molar-refractivity contribution in [2.24, 2.45) is 0 Å². The van der Waals surface area contributed by atoms with E-state index in [-0.39, 0.29) is 12.5 Å². The van der Waals surface area contributed by atoms with Gasteiger partial charge in [-0.25, -0.2) is 4.79 Å². The van der Waals surface area contributed by atoms with Gasteiger partial charge in [-0.05, 0) is 35.9 Å². The molecule has 1 aliphatic heterocycles. The molecule has 2 aromatic rings. The summed E-state index contributed by atoms with van der Waals surface area (Å²) >= 11 is 5.81. The molecule has 3 rings (SSSR count). The first-order chi connectivity index (χ1) is 12.0. The Hall–Kier alpha value is -2.81. The first-order valence-electron chi connectivity index (χ1n) is 7.55. The SMILES string of the molecule is O=C(Cn1nnc(-c2ccc(Cl)cc2)n1)OCC(=O)N1CCCC1=O. The molecule has 0 saturated carbocycles. The summed E-state index contributed by atoms with van der Waals surface area (Å²) in [5, 5.41) is 12.3. The van der Waals surface area contributed by atoms with Gasteiger partial charge in [0.2, 0.25) is 11.7 Å². The zero-order chi connectivity index (χ0) is 17.8. The summed E-state index contributed by atoms with van der Waals surface area (Å²) in [5.74, 6) is -1.13. The average molecular weight is 364 g/mol. The Morgan fingerprint density at radius 1 is 1.24 bits per heavy atom. The fraction of sp³-hybridized carbons (Fsp3) is 0.333. The average Bonchev–Trinajstić information content (AvgIpc) is 3.22. The van der Waals surface area contributed by atoms with Gasteiger partial charge in [-0.15, -0.1) is 10.2 Å². The van der Waals surface area contributed by atoms with Gasteiger partial charge < -0.3 is 4.74 Å². The molecule has 1 aromatic carbocycles. The highest BCUT2D eigenvalue weighted by molar-refractivity contribution is 6.30. The van der Waals surface area contributed by atoms with Gasteiger partial charge in [-0.1, -0.05) is 11.6 Å². The second-order valence-corrected chi connectivity index (χ2v) is 5.79. The first kappa shape index (κ1) is 17.0. The van der Waals surface area contributed by atoms with Crippen LogP contribution in [0.4, 0.5) is 0 Å². The summed E-state index contributed by atoms with van der Waals surface area (Å²) in [6, 6.07) is 6.84. The van der Waals surface area contributed by atoms with Gasteiger partial charge in [0.05, 0.1) is 0 Å². The molecule has 130 valence electrons. The molecule has 0 aliphatic carbocycles. The van der Waals surface area contributed by atoms with Crippen LogP contribution >= 0.6 is 11.6 Å². The van der Waals surface area contributed by atoms with Gasteiger partial charge in [0, 0.05) is 23.6 Å². The van der Waals surface area contributed by atoms with Crippen LogP contribution in [0.25, 0.3) is 11.4 Å². The molecule has 0 radical (unpaired) electrons. The number of nitrogens with zero attached hydrogens (tertiary/aromatic N) is 5. The first-order valence-corrected chi connectivity index (χ1v) is 7.93. The molecule has 1 saturated heterocycles. The maximum atomic E-state index is 11.8. The van der Waals surface area contributed by atoms with E-state index in [9.17, 15) is 14.4 Å². The third kappa shape index (κ3) is 4.18. The Morgan fingerprint density at radius 2 is 2.00 bits per heavy atom. The molecule has 1 fully saturated rings. The fourth-order valence-electron chi connectivity index (χ4n) is 2.32. The van der Waals surface area contributed by atoms with Crippen molar-refractivity contribution in [2.45, 2.75) is 19.4 Å². The number of likely N-dealkylation sites (tertiary alicyclic amines) is 1. The molecule has 1 aliphatic rings. The maximum absolute atomic E-state index is 11.8. The Balaban J connectivity index is 1.52. The molecule has 0 bridgehead atoms. The molecule has 10 heteroatoms. The molecule has 2 heterocycles. The number of hydrogen-bond acceptors (Lipinski definition) is 7. The van der Waals surface area contributed by atoms with E-state index in [4.69, 9.17) is 16.3 Å². The Labute approximate surface area is 147 Å². The van der Waals surface area contributed by atoms with Crippen LogP contribution < -0.4 is 0 Å². The predicted molar refractivity (Wildman–Crippen MR) is 85.2 cm³/mol. The molecular weight excluding hydrogens is 350 g/mol. The van der Waals surface area contributed by atoms with Gasteiger partial charge in [0.1, 0.15) is 0 Å². The van der Waals surface area contributed by atoms with Crippen LogP contribution in [-0.2, 0) is 25.7 Å². The molecular formula is C15H14ClN5O4. The van der Waals surface area contributed by atoms with Crippen molar-refractivity contribution in [1.82, 2.24) is 25.1 Å². The van der Waals surface area contributed by atoms with E-state index >= 15 is 0 Å². The van der Waals surface area contributed by atoms with Crippen LogP contribution in [0, 0.1) is 0 Å². The van der Waals surface area contributed by atoms with E-state index in [0.717, 1.165) is 9.70 Å². The van der Waals surface area contributed by atoms with Crippen molar-refractivity contribution in [3.05, 3.63) is 29.3 Å². The zero-order valence-corrected chi connectivity index (χ0v) is 13.8. The summed E-state index contributed by atoms with van der Waals surface area (Å²) in [7, 11) is 0. The van der Waals surface area contributed by atoms with Crippen LogP contribution in [-0.4, -0.2) is 56.0 Å². The predicted octanol–water partition coefficient (Wildman–Crippen LogP) is 0.686. The number of amides is 2. The Bertz CT molecular complexity index is 805. The largest absolute Gasteiger partial charge is 0.454 e. The minimum atomic E-state index is -0.694. The molecule has 0 atom stereocenters. The molecule has 25 heavy (non-hydrogen) atoms. The number of esters is 1. The molecule has 0 unspecified atom stereocenters. The number of tetrazole rings is 1. The molecule has 1 aromatic heterocycles. The summed E-state index contributed by atoms with van der Waals surface area (Å²) in [6.07, 6.45) is 0.977. The minimum Gasteiger partial charge on any atom is -0.454 e. The Morgan fingerprint density at radius 3 is 2.68 bits per heavy atom. The number of aromatic nitrogens is 4. The van der Waals surface area contributed by atoms with Crippen molar-refractivity contribution in [2.75, 3.05) is 13.2 Å². The van der Waals surface area contributed by atoms with E-state index in [2.05, 4.69) is 15.4 Å². The number of halogens is 1. The number of hydrogen-bond donors (Lipinski definition) is 0. The summed E-state index contributed by atoms with van der Waals surface area (Å²) in [5.41, 5.74) is 0.701. The summed E-state index contributed by atoms with van der Waals surface area (Å²) < 4.78 is 4.87. The highest BCUT2D eigenvalue weighted by Gasteiger charge is 2.27. The molecule has 0 spiro atoms. The van der Waals surface area contributed by atoms with Crippen LogP contribution in [0.5, 0.6) is 0 Å². The van der Waals surface area contributed by atoms with Crippen LogP contribution in [0.2, 0.25) is 5.02 Å². The topological polar surface area (TPSA) is 107 Å². The normalized spacial score (nSPS) is 14.0. The van der Waals surface area contributed by atoms with Gasteiger partial charge >= 0.3 is 5.97 Å². The van der Waals surface area contributed by atoms with E-state index in [0.29, 0.717) is 35.8 Å². The Kier molecular flexibility index (Phi) is 5.03. The van der Waals surface area contributed by atoms with E-state index in [1.165, 1.54) is 0 Å². The number of carbonyl (C=O) groups is 3. The lowest BCUT2D eigenvalue weighted by Gasteiger charge is -2.13. The number of ether oxygens (including phenoxy) is 1. The maximum Gasteiger partial charge on any atom is 0.330 e. The second-order valence-electron chi connectivity index (χ2n) is 5.35. The van der Waals surface area contributed by atoms with Gasteiger partial charge in [-0.2, -0.15) is 4.80 Å². The van der Waals surface area contributed by atoms with E-state index in [1.807, 2.05) is 0 Å². The van der Waals surface area contributed by atoms with Crippen LogP contribution in [0.1, 0.15) is 12.8 Å². The van der Waals surface area contributed by atoms with E-state index < -0.39 is 18.5 Å². The standard InChI is InChI=1S/C15H14ClN5O4/c16-11-5-3-10(4-6-11)15-17-19-21(18-15)8-14(24)25-9-13(23)20-7-1-2-12(20)22/h3-6H,1-2,7-9H2. The third-order valence-corrected chi connectivity index (χ3v) is 3.81. The number of rotatable bonds is 5. The third-order valence-electron chi connectivity index (χ3n) is 3.56. The van der Waals surface area contributed by atoms with Gasteiger partial charge in [-0.3, -0.25) is 14.5 Å². The lowest BCUT2D eigenvalue weighted by Crippen LogP contribution is -2.35. The lowest BCUT2D eigenvalue weighted by molar-refractivity contribution is -0.155. The number of carbonyl (C=O) groups excluding carboxylic acids is 3. The van der Waals surface area contributed by atoms with Crippen molar-refractivity contribution < 1.29 is 19.1 Å². The minimum absolute atomic E-state index is 0.244. The molecule has 0 N–H and O–H groups in total. The van der Waals surface area contributed by atoms with E-state index in [1.54, 1.807) is 24.3 Å². The highest BCUT2D eigenvalue weighted by atomic mass is 35.5. The number of benzene rings is 1. The second kappa shape index (κ2) is 7.39. The summed E-state index contributed by atoms with van der Waals surface area (Å²) in [4.78, 5) is 37.2. The number of imide groups is 1. The van der Waals surface area contributed by atoms with Crippen LogP contribution in [0.3, 0.4) is 0 Å². The lowest BCUT2D eigenvalue weighted by atomic mass is 10.2.